The molecule has 156 valence electrons. The number of rotatable bonds is 5. The average Bonchev–Trinajstić information content (AvgIpc) is 3.50. The van der Waals surface area contributed by atoms with Crippen LogP contribution in [-0.4, -0.2) is 33.5 Å². The van der Waals surface area contributed by atoms with Gasteiger partial charge in [0.15, 0.2) is 0 Å². The zero-order chi connectivity index (χ0) is 21.6. The number of carbonyl (C=O) groups is 2. The molecule has 1 amide bonds. The van der Waals surface area contributed by atoms with Crippen LogP contribution in [0.15, 0.2) is 30.6 Å². The third-order valence-electron chi connectivity index (χ3n) is 4.95. The summed E-state index contributed by atoms with van der Waals surface area (Å²) in [4.78, 5) is 29.6. The van der Waals surface area contributed by atoms with Crippen molar-refractivity contribution in [1.29, 1.82) is 0 Å². The molecule has 1 atom stereocenters. The molecule has 3 N–H and O–H groups in total. The second kappa shape index (κ2) is 8.17. The van der Waals surface area contributed by atoms with Crippen LogP contribution in [0.25, 0.3) is 10.9 Å². The molecule has 1 saturated carbocycles. The van der Waals surface area contributed by atoms with E-state index < -0.39 is 12.1 Å². The number of nitrogens with zero attached hydrogens (tertiary/aromatic N) is 2. The molecule has 30 heavy (non-hydrogen) atoms. The maximum absolute atomic E-state index is 13.3. The summed E-state index contributed by atoms with van der Waals surface area (Å²) in [6.07, 6.45) is 3.65. The Hall–Kier alpha value is -2.16. The second-order valence-electron chi connectivity index (χ2n) is 7.02. The highest BCUT2D eigenvalue weighted by Gasteiger charge is 2.31. The van der Waals surface area contributed by atoms with Gasteiger partial charge in [0.1, 0.15) is 12.0 Å². The van der Waals surface area contributed by atoms with Crippen LogP contribution in [0.5, 0.6) is 0 Å². The van der Waals surface area contributed by atoms with Crippen molar-refractivity contribution in [3.63, 3.8) is 0 Å². The van der Waals surface area contributed by atoms with E-state index in [1.807, 2.05) is 0 Å². The summed E-state index contributed by atoms with van der Waals surface area (Å²) in [6.45, 7) is 0. The summed E-state index contributed by atoms with van der Waals surface area (Å²) in [5.41, 5.74) is 0.950. The third kappa shape index (κ3) is 3.79. The Morgan fingerprint density at radius 2 is 1.87 bits per heavy atom. The lowest BCUT2D eigenvalue weighted by molar-refractivity contribution is -0.117. The number of fused-ring (bicyclic) bond motifs is 1. The second-order valence-corrected chi connectivity index (χ2v) is 8.24. The van der Waals surface area contributed by atoms with E-state index in [0.29, 0.717) is 22.3 Å². The molecule has 1 unspecified atom stereocenters. The summed E-state index contributed by atoms with van der Waals surface area (Å²) in [5, 5.41) is 16.3. The van der Waals surface area contributed by atoms with Crippen molar-refractivity contribution in [2.45, 2.75) is 19.1 Å². The highest BCUT2D eigenvalue weighted by molar-refractivity contribution is 6.41. The highest BCUT2D eigenvalue weighted by atomic mass is 35.5. The number of halogens is 3. The van der Waals surface area contributed by atoms with Gasteiger partial charge in [-0.3, -0.25) is 19.5 Å². The van der Waals surface area contributed by atoms with Gasteiger partial charge in [0.25, 0.3) is 5.91 Å². The molecule has 1 fully saturated rings. The fraction of sp³-hybridized carbons (Fsp3) is 0.250. The number of anilines is 1. The number of hydrogen-bond donors (Lipinski definition) is 3. The predicted octanol–water partition coefficient (Wildman–Crippen LogP) is 4.24. The van der Waals surface area contributed by atoms with E-state index in [2.05, 4.69) is 15.6 Å². The number of amides is 1. The molecule has 2 aromatic heterocycles. The minimum Gasteiger partial charge on any atom is -0.374 e. The summed E-state index contributed by atoms with van der Waals surface area (Å²) in [5.74, 6) is -0.327. The molecule has 1 aliphatic carbocycles. The van der Waals surface area contributed by atoms with Crippen molar-refractivity contribution in [3.05, 3.63) is 56.8 Å². The van der Waals surface area contributed by atoms with Gasteiger partial charge >= 0.3 is 0 Å². The lowest BCUT2D eigenvalue weighted by Gasteiger charge is -2.14. The predicted molar refractivity (Wildman–Crippen MR) is 116 cm³/mol. The molecule has 0 saturated heterocycles. The Labute approximate surface area is 186 Å². The van der Waals surface area contributed by atoms with Gasteiger partial charge in [0, 0.05) is 18.3 Å². The van der Waals surface area contributed by atoms with Gasteiger partial charge in [-0.15, -0.1) is 0 Å². The van der Waals surface area contributed by atoms with Crippen molar-refractivity contribution in [2.75, 3.05) is 12.4 Å². The van der Waals surface area contributed by atoms with E-state index in [9.17, 15) is 14.7 Å². The summed E-state index contributed by atoms with van der Waals surface area (Å²) in [6, 6.07) is 4.56. The van der Waals surface area contributed by atoms with Gasteiger partial charge in [-0.25, -0.2) is 4.98 Å². The first-order valence-corrected chi connectivity index (χ1v) is 10.3. The van der Waals surface area contributed by atoms with Crippen LogP contribution in [0.4, 0.5) is 5.82 Å². The molecule has 1 aliphatic rings. The lowest BCUT2D eigenvalue weighted by Crippen LogP contribution is -2.17. The topological polar surface area (TPSA) is 96.2 Å². The molecule has 0 bridgehead atoms. The third-order valence-corrected chi connectivity index (χ3v) is 5.83. The molecular weight excluding hydrogens is 451 g/mol. The van der Waals surface area contributed by atoms with Crippen LogP contribution in [-0.2, 0) is 4.79 Å². The van der Waals surface area contributed by atoms with Crippen molar-refractivity contribution in [2.24, 2.45) is 5.92 Å². The first-order valence-electron chi connectivity index (χ1n) is 9.17. The molecule has 4 rings (SSSR count). The molecule has 3 aromatic rings. The van der Waals surface area contributed by atoms with Gasteiger partial charge in [-0.05, 0) is 43.7 Å². The summed E-state index contributed by atoms with van der Waals surface area (Å²) < 4.78 is 1.31. The highest BCUT2D eigenvalue weighted by Crippen LogP contribution is 2.36. The summed E-state index contributed by atoms with van der Waals surface area (Å²) in [7, 11) is 1.58. The van der Waals surface area contributed by atoms with Crippen LogP contribution in [0.3, 0.4) is 0 Å². The Kier molecular flexibility index (Phi) is 5.74. The van der Waals surface area contributed by atoms with Gasteiger partial charge in [0.2, 0.25) is 5.91 Å². The lowest BCUT2D eigenvalue weighted by atomic mass is 10.1. The van der Waals surface area contributed by atoms with Crippen LogP contribution >= 0.6 is 34.8 Å². The quantitative estimate of drug-likeness (QED) is 0.488. The first-order chi connectivity index (χ1) is 14.3. The standard InChI is InChI=1S/C20H17Cl3N4O3/c1-24-18(28)10-6-11(21)15(12(22)7-10)20(30)27-8-13(23)16-14(27)4-5-25-17(16)26-19(29)9-2-3-9/h4-9,18,24,28H,2-3H2,1H3,(H,25,26,29). The number of hydrogen-bond acceptors (Lipinski definition) is 5. The minimum atomic E-state index is -0.977. The van der Waals surface area contributed by atoms with Gasteiger partial charge in [0.05, 0.1) is 31.5 Å². The number of carbonyl (C=O) groups excluding carboxylic acids is 2. The Morgan fingerprint density at radius 3 is 2.47 bits per heavy atom. The number of aromatic nitrogens is 2. The largest absolute Gasteiger partial charge is 0.374 e. The van der Waals surface area contributed by atoms with Gasteiger partial charge in [-0.1, -0.05) is 34.8 Å². The average molecular weight is 468 g/mol. The van der Waals surface area contributed by atoms with Crippen molar-refractivity contribution < 1.29 is 14.7 Å². The van der Waals surface area contributed by atoms with Crippen molar-refractivity contribution in [1.82, 2.24) is 14.9 Å². The molecular formula is C20H17Cl3N4O3. The maximum atomic E-state index is 13.3. The molecule has 0 radical (unpaired) electrons. The van der Waals surface area contributed by atoms with E-state index in [-0.39, 0.29) is 32.5 Å². The molecule has 0 aliphatic heterocycles. The molecule has 2 heterocycles. The minimum absolute atomic E-state index is 0.00589. The fourth-order valence-corrected chi connectivity index (χ4v) is 4.15. The number of aliphatic hydroxyl groups excluding tert-OH is 1. The number of pyridine rings is 1. The van der Waals surface area contributed by atoms with Crippen LogP contribution in [0.2, 0.25) is 15.1 Å². The number of nitrogens with one attached hydrogen (secondary N) is 2. The zero-order valence-corrected chi connectivity index (χ0v) is 18.0. The van der Waals surface area contributed by atoms with E-state index >= 15 is 0 Å². The first kappa shape index (κ1) is 21.1. The Bertz CT molecular complexity index is 1150. The van der Waals surface area contributed by atoms with Crippen LogP contribution in [0.1, 0.15) is 35.0 Å². The normalized spacial score (nSPS) is 14.7. The van der Waals surface area contributed by atoms with E-state index in [1.54, 1.807) is 13.1 Å². The number of benzene rings is 1. The molecule has 10 heteroatoms. The van der Waals surface area contributed by atoms with Crippen molar-refractivity contribution in [3.8, 4) is 0 Å². The molecule has 1 aromatic carbocycles. The van der Waals surface area contributed by atoms with Crippen molar-refractivity contribution >= 4 is 63.3 Å². The zero-order valence-electron chi connectivity index (χ0n) is 15.7. The molecule has 0 spiro atoms. The smallest absolute Gasteiger partial charge is 0.265 e. The van der Waals surface area contributed by atoms with E-state index in [1.165, 1.54) is 29.1 Å². The molecule has 7 nitrogen and oxygen atoms in total. The van der Waals surface area contributed by atoms with Gasteiger partial charge < -0.3 is 10.4 Å². The maximum Gasteiger partial charge on any atom is 0.265 e. The van der Waals surface area contributed by atoms with Gasteiger partial charge in [-0.2, -0.15) is 0 Å². The summed E-state index contributed by atoms with van der Waals surface area (Å²) >= 11 is 19.0. The van der Waals surface area contributed by atoms with E-state index in [4.69, 9.17) is 34.8 Å². The van der Waals surface area contributed by atoms with Crippen LogP contribution in [0, 0.1) is 5.92 Å². The van der Waals surface area contributed by atoms with E-state index in [0.717, 1.165) is 12.8 Å². The number of aliphatic hydroxyl groups is 1. The Morgan fingerprint density at radius 1 is 1.20 bits per heavy atom. The Balaban J connectivity index is 1.77. The fourth-order valence-electron chi connectivity index (χ4n) is 3.20. The SMILES string of the molecule is CNC(O)c1cc(Cl)c(C(=O)n2cc(Cl)c3c(NC(=O)C4CC4)nccc32)c(Cl)c1. The monoisotopic (exact) mass is 466 g/mol. The van der Waals surface area contributed by atoms with Crippen LogP contribution < -0.4 is 10.6 Å².